The monoisotopic (exact) mass is 251 g/mol. The second kappa shape index (κ2) is 5.19. The van der Waals surface area contributed by atoms with Crippen molar-refractivity contribution in [1.29, 1.82) is 0 Å². The van der Waals surface area contributed by atoms with Gasteiger partial charge in [0.25, 0.3) is 0 Å². The van der Waals surface area contributed by atoms with Gasteiger partial charge in [0.2, 0.25) is 0 Å². The molecule has 0 unspecified atom stereocenters. The lowest BCUT2D eigenvalue weighted by Gasteiger charge is -2.14. The summed E-state index contributed by atoms with van der Waals surface area (Å²) in [7, 11) is 0. The van der Waals surface area contributed by atoms with Crippen LogP contribution in [0.5, 0.6) is 0 Å². The number of allylic oxidation sites excluding steroid dienone is 4. The summed E-state index contributed by atoms with van der Waals surface area (Å²) in [4.78, 5) is 4.26. The molecule has 0 aliphatic heterocycles. The highest BCUT2D eigenvalue weighted by Crippen LogP contribution is 2.30. The van der Waals surface area contributed by atoms with Gasteiger partial charge in [-0.25, -0.2) is 4.39 Å². The van der Waals surface area contributed by atoms with E-state index in [2.05, 4.69) is 29.3 Å². The topological polar surface area (TPSA) is 12.9 Å². The molecule has 0 N–H and O–H groups in total. The third-order valence-corrected chi connectivity index (χ3v) is 3.27. The van der Waals surface area contributed by atoms with Crippen LogP contribution < -0.4 is 0 Å². The molecular weight excluding hydrogens is 237 g/mol. The Labute approximate surface area is 112 Å². The molecule has 0 spiro atoms. The van der Waals surface area contributed by atoms with Crippen LogP contribution in [0.3, 0.4) is 0 Å². The second-order valence-electron chi connectivity index (χ2n) is 4.59. The number of benzene rings is 1. The highest BCUT2D eigenvalue weighted by Gasteiger charge is 2.10. The van der Waals surface area contributed by atoms with Crippen LogP contribution in [0.4, 0.5) is 4.39 Å². The minimum absolute atomic E-state index is 0.235. The summed E-state index contributed by atoms with van der Waals surface area (Å²) in [5.74, 6) is -0.235. The normalized spacial score (nSPS) is 14.8. The van der Waals surface area contributed by atoms with Crippen molar-refractivity contribution in [3.63, 3.8) is 0 Å². The lowest BCUT2D eigenvalue weighted by molar-refractivity contribution is 0.624. The van der Waals surface area contributed by atoms with Crippen LogP contribution in [-0.2, 0) is 0 Å². The lowest BCUT2D eigenvalue weighted by atomic mass is 9.93. The summed E-state index contributed by atoms with van der Waals surface area (Å²) in [6.07, 6.45) is 7.73. The van der Waals surface area contributed by atoms with Gasteiger partial charge >= 0.3 is 0 Å². The average Bonchev–Trinajstić information content (AvgIpc) is 2.48. The standard InChI is InChI=1S/C17H14FN/c18-16-9-10-19-17(12-16)15-8-4-7-14(11-15)13-5-2-1-3-6-13/h1-3,5-7,9-12H,4,8H2. The SMILES string of the molecule is Fc1ccnc(C2=CC(c3ccccc3)=CCC2)c1. The second-order valence-corrected chi connectivity index (χ2v) is 4.59. The van der Waals surface area contributed by atoms with E-state index < -0.39 is 0 Å². The number of nitrogens with zero attached hydrogens (tertiary/aromatic N) is 1. The predicted molar refractivity (Wildman–Crippen MR) is 75.8 cm³/mol. The van der Waals surface area contributed by atoms with Crippen LogP contribution in [0.15, 0.2) is 60.8 Å². The maximum atomic E-state index is 13.3. The molecule has 0 atom stereocenters. The van der Waals surface area contributed by atoms with Gasteiger partial charge in [-0.3, -0.25) is 4.98 Å². The molecule has 0 amide bonds. The summed E-state index contributed by atoms with van der Waals surface area (Å²) < 4.78 is 13.3. The third-order valence-electron chi connectivity index (χ3n) is 3.27. The Kier molecular flexibility index (Phi) is 3.23. The molecule has 0 radical (unpaired) electrons. The van der Waals surface area contributed by atoms with Gasteiger partial charge in [0.15, 0.2) is 0 Å². The van der Waals surface area contributed by atoms with Crippen molar-refractivity contribution < 1.29 is 4.39 Å². The maximum absolute atomic E-state index is 13.3. The Morgan fingerprint density at radius 3 is 2.68 bits per heavy atom. The molecule has 19 heavy (non-hydrogen) atoms. The van der Waals surface area contributed by atoms with Crippen molar-refractivity contribution >= 4 is 11.1 Å². The van der Waals surface area contributed by atoms with Gasteiger partial charge in [0.05, 0.1) is 5.69 Å². The highest BCUT2D eigenvalue weighted by atomic mass is 19.1. The number of hydrogen-bond acceptors (Lipinski definition) is 1. The first-order valence-corrected chi connectivity index (χ1v) is 6.41. The van der Waals surface area contributed by atoms with Crippen LogP contribution in [-0.4, -0.2) is 4.98 Å². The quantitative estimate of drug-likeness (QED) is 0.766. The van der Waals surface area contributed by atoms with Gasteiger partial charge in [0.1, 0.15) is 5.82 Å². The zero-order chi connectivity index (χ0) is 13.1. The fourth-order valence-electron chi connectivity index (χ4n) is 2.32. The molecule has 1 heterocycles. The van der Waals surface area contributed by atoms with E-state index in [-0.39, 0.29) is 5.82 Å². The predicted octanol–water partition coefficient (Wildman–Crippen LogP) is 4.48. The Balaban J connectivity index is 1.96. The smallest absolute Gasteiger partial charge is 0.126 e. The number of pyridine rings is 1. The van der Waals surface area contributed by atoms with E-state index in [1.54, 1.807) is 0 Å². The van der Waals surface area contributed by atoms with Crippen LogP contribution in [0.2, 0.25) is 0 Å². The first-order valence-electron chi connectivity index (χ1n) is 6.41. The van der Waals surface area contributed by atoms with E-state index >= 15 is 0 Å². The minimum Gasteiger partial charge on any atom is -0.256 e. The molecule has 0 saturated carbocycles. The molecule has 0 bridgehead atoms. The number of rotatable bonds is 2. The zero-order valence-corrected chi connectivity index (χ0v) is 10.5. The first-order chi connectivity index (χ1) is 9.33. The molecular formula is C17H14FN. The molecule has 2 heteroatoms. The van der Waals surface area contributed by atoms with Crippen molar-refractivity contribution in [2.45, 2.75) is 12.8 Å². The number of aromatic nitrogens is 1. The van der Waals surface area contributed by atoms with Gasteiger partial charge in [-0.2, -0.15) is 0 Å². The van der Waals surface area contributed by atoms with Crippen molar-refractivity contribution in [3.8, 4) is 0 Å². The fourth-order valence-corrected chi connectivity index (χ4v) is 2.32. The van der Waals surface area contributed by atoms with Crippen molar-refractivity contribution in [2.24, 2.45) is 0 Å². The summed E-state index contributed by atoms with van der Waals surface area (Å²) in [5, 5.41) is 0. The molecule has 2 aromatic rings. The Morgan fingerprint density at radius 1 is 1.05 bits per heavy atom. The zero-order valence-electron chi connectivity index (χ0n) is 10.5. The Bertz CT molecular complexity index is 641. The van der Waals surface area contributed by atoms with E-state index in [0.717, 1.165) is 24.1 Å². The van der Waals surface area contributed by atoms with E-state index in [9.17, 15) is 4.39 Å². The number of hydrogen-bond donors (Lipinski definition) is 0. The molecule has 1 aliphatic carbocycles. The maximum Gasteiger partial charge on any atom is 0.126 e. The van der Waals surface area contributed by atoms with E-state index in [4.69, 9.17) is 0 Å². The third kappa shape index (κ3) is 2.63. The van der Waals surface area contributed by atoms with Gasteiger partial charge in [-0.05, 0) is 47.8 Å². The summed E-state index contributed by atoms with van der Waals surface area (Å²) >= 11 is 0. The first kappa shape index (κ1) is 11.8. The van der Waals surface area contributed by atoms with E-state index in [0.29, 0.717) is 0 Å². The number of halogens is 1. The summed E-state index contributed by atoms with van der Waals surface area (Å²) in [6.45, 7) is 0. The Morgan fingerprint density at radius 2 is 1.89 bits per heavy atom. The molecule has 1 aromatic heterocycles. The summed E-state index contributed by atoms with van der Waals surface area (Å²) in [5.41, 5.74) is 4.21. The molecule has 1 nitrogen and oxygen atoms in total. The van der Waals surface area contributed by atoms with Gasteiger partial charge in [0, 0.05) is 6.20 Å². The van der Waals surface area contributed by atoms with Crippen molar-refractivity contribution in [3.05, 3.63) is 77.9 Å². The molecule has 0 saturated heterocycles. The molecule has 3 rings (SSSR count). The Hall–Kier alpha value is -2.22. The van der Waals surface area contributed by atoms with Crippen LogP contribution in [0.1, 0.15) is 24.1 Å². The van der Waals surface area contributed by atoms with Gasteiger partial charge in [-0.1, -0.05) is 36.4 Å². The lowest BCUT2D eigenvalue weighted by Crippen LogP contribution is -1.95. The average molecular weight is 251 g/mol. The van der Waals surface area contributed by atoms with E-state index in [1.165, 1.54) is 29.5 Å². The van der Waals surface area contributed by atoms with Crippen molar-refractivity contribution in [2.75, 3.05) is 0 Å². The van der Waals surface area contributed by atoms with Crippen LogP contribution in [0, 0.1) is 5.82 Å². The van der Waals surface area contributed by atoms with Gasteiger partial charge < -0.3 is 0 Å². The molecule has 94 valence electrons. The molecule has 1 aliphatic rings. The van der Waals surface area contributed by atoms with Crippen molar-refractivity contribution in [1.82, 2.24) is 4.98 Å². The van der Waals surface area contributed by atoms with Gasteiger partial charge in [-0.15, -0.1) is 0 Å². The highest BCUT2D eigenvalue weighted by molar-refractivity contribution is 5.84. The molecule has 1 aromatic carbocycles. The summed E-state index contributed by atoms with van der Waals surface area (Å²) in [6, 6.07) is 13.1. The molecule has 0 fully saturated rings. The largest absolute Gasteiger partial charge is 0.256 e. The fraction of sp³-hybridized carbons (Fsp3) is 0.118. The van der Waals surface area contributed by atoms with E-state index in [1.807, 2.05) is 18.2 Å². The minimum atomic E-state index is -0.235. The van der Waals surface area contributed by atoms with Crippen LogP contribution >= 0.6 is 0 Å². The van der Waals surface area contributed by atoms with Crippen LogP contribution in [0.25, 0.3) is 11.1 Å².